The molecule has 0 spiro atoms. The van der Waals surface area contributed by atoms with Crippen molar-refractivity contribution in [3.05, 3.63) is 65.7 Å². The van der Waals surface area contributed by atoms with Crippen LogP contribution in [-0.2, 0) is 0 Å². The predicted molar refractivity (Wildman–Crippen MR) is 100.0 cm³/mol. The van der Waals surface area contributed by atoms with Crippen LogP contribution in [0.5, 0.6) is 0 Å². The molecule has 4 heteroatoms. The average molecular weight is 336 g/mol. The van der Waals surface area contributed by atoms with E-state index in [0.29, 0.717) is 11.1 Å². The van der Waals surface area contributed by atoms with Crippen LogP contribution in [0.15, 0.2) is 54.6 Å². The van der Waals surface area contributed by atoms with Gasteiger partial charge >= 0.3 is 0 Å². The number of hydrogen-bond acceptors (Lipinski definition) is 2. The first kappa shape index (κ1) is 17.2. The van der Waals surface area contributed by atoms with Crippen molar-refractivity contribution in [1.29, 1.82) is 0 Å². The van der Waals surface area contributed by atoms with E-state index in [1.54, 1.807) is 36.2 Å². The van der Waals surface area contributed by atoms with Crippen LogP contribution in [0.1, 0.15) is 46.4 Å². The summed E-state index contributed by atoms with van der Waals surface area (Å²) in [5.41, 5.74) is 2.08. The van der Waals surface area contributed by atoms with Gasteiger partial charge in [-0.15, -0.1) is 0 Å². The molecule has 1 aliphatic rings. The molecule has 1 saturated heterocycles. The molecule has 1 fully saturated rings. The van der Waals surface area contributed by atoms with Crippen molar-refractivity contribution < 1.29 is 9.59 Å². The fourth-order valence-corrected chi connectivity index (χ4v) is 3.17. The lowest BCUT2D eigenvalue weighted by molar-refractivity contribution is 0.0761. The Balaban J connectivity index is 1.71. The molecule has 0 atom stereocenters. The van der Waals surface area contributed by atoms with Gasteiger partial charge in [0.25, 0.3) is 11.8 Å². The molecule has 0 N–H and O–H groups in total. The molecule has 0 aromatic heterocycles. The first-order chi connectivity index (χ1) is 12.2. The van der Waals surface area contributed by atoms with E-state index in [4.69, 9.17) is 0 Å². The molecule has 0 bridgehead atoms. The number of benzene rings is 2. The third kappa shape index (κ3) is 4.08. The SMILES string of the molecule is CN(C(=O)c1ccc(C(=O)N2CCCCCC2)cc1)c1ccccc1. The molecule has 1 heterocycles. The van der Waals surface area contributed by atoms with Gasteiger partial charge in [0.2, 0.25) is 0 Å². The van der Waals surface area contributed by atoms with Gasteiger partial charge in [-0.05, 0) is 49.2 Å². The van der Waals surface area contributed by atoms with E-state index >= 15 is 0 Å². The molecule has 25 heavy (non-hydrogen) atoms. The minimum atomic E-state index is -0.0834. The summed E-state index contributed by atoms with van der Waals surface area (Å²) in [6.45, 7) is 1.66. The molecular weight excluding hydrogens is 312 g/mol. The third-order valence-corrected chi connectivity index (χ3v) is 4.72. The Morgan fingerprint density at radius 3 is 1.96 bits per heavy atom. The van der Waals surface area contributed by atoms with Gasteiger partial charge in [-0.3, -0.25) is 9.59 Å². The highest BCUT2D eigenvalue weighted by Gasteiger charge is 2.18. The fourth-order valence-electron chi connectivity index (χ4n) is 3.17. The van der Waals surface area contributed by atoms with Gasteiger partial charge in [0.05, 0.1) is 0 Å². The van der Waals surface area contributed by atoms with Gasteiger partial charge in [0.1, 0.15) is 0 Å². The molecule has 2 aromatic rings. The van der Waals surface area contributed by atoms with Gasteiger partial charge < -0.3 is 9.80 Å². The van der Waals surface area contributed by atoms with E-state index in [1.165, 1.54) is 12.8 Å². The summed E-state index contributed by atoms with van der Waals surface area (Å²) in [5, 5.41) is 0. The Bertz CT molecular complexity index is 717. The molecule has 130 valence electrons. The monoisotopic (exact) mass is 336 g/mol. The zero-order valence-corrected chi connectivity index (χ0v) is 14.6. The normalized spacial score (nSPS) is 14.7. The number of anilines is 1. The maximum Gasteiger partial charge on any atom is 0.258 e. The lowest BCUT2D eigenvalue weighted by atomic mass is 10.1. The Hall–Kier alpha value is -2.62. The molecule has 0 saturated carbocycles. The maximum atomic E-state index is 12.6. The minimum Gasteiger partial charge on any atom is -0.339 e. The summed E-state index contributed by atoms with van der Waals surface area (Å²) >= 11 is 0. The van der Waals surface area contributed by atoms with E-state index in [9.17, 15) is 9.59 Å². The minimum absolute atomic E-state index is 0.0670. The Morgan fingerprint density at radius 2 is 1.36 bits per heavy atom. The number of hydrogen-bond donors (Lipinski definition) is 0. The van der Waals surface area contributed by atoms with Gasteiger partial charge in [-0.25, -0.2) is 0 Å². The summed E-state index contributed by atoms with van der Waals surface area (Å²) in [7, 11) is 1.76. The van der Waals surface area contributed by atoms with Crippen LogP contribution in [0.2, 0.25) is 0 Å². The van der Waals surface area contributed by atoms with Crippen LogP contribution in [-0.4, -0.2) is 36.9 Å². The summed E-state index contributed by atoms with van der Waals surface area (Å²) in [6.07, 6.45) is 4.54. The first-order valence-corrected chi connectivity index (χ1v) is 8.89. The smallest absolute Gasteiger partial charge is 0.258 e. The summed E-state index contributed by atoms with van der Waals surface area (Å²) in [5.74, 6) is -0.0164. The standard InChI is InChI=1S/C21H24N2O2/c1-22(19-9-5-4-6-10-19)20(24)17-11-13-18(14-12-17)21(25)23-15-7-2-3-8-16-23/h4-6,9-14H,2-3,7-8,15-16H2,1H3. The molecular formula is C21H24N2O2. The van der Waals surface area contributed by atoms with Crippen molar-refractivity contribution in [2.24, 2.45) is 0 Å². The second-order valence-corrected chi connectivity index (χ2v) is 6.48. The number of nitrogens with zero attached hydrogens (tertiary/aromatic N) is 2. The van der Waals surface area contributed by atoms with Crippen molar-refractivity contribution in [2.45, 2.75) is 25.7 Å². The zero-order valence-electron chi connectivity index (χ0n) is 14.6. The second-order valence-electron chi connectivity index (χ2n) is 6.48. The van der Waals surface area contributed by atoms with Crippen LogP contribution in [0.3, 0.4) is 0 Å². The fraction of sp³-hybridized carbons (Fsp3) is 0.333. The average Bonchev–Trinajstić information content (AvgIpc) is 2.96. The maximum absolute atomic E-state index is 12.6. The largest absolute Gasteiger partial charge is 0.339 e. The molecule has 0 aliphatic carbocycles. The van der Waals surface area contributed by atoms with Crippen LogP contribution in [0, 0.1) is 0 Å². The number of carbonyl (C=O) groups is 2. The lowest BCUT2D eigenvalue weighted by Crippen LogP contribution is -2.32. The highest BCUT2D eigenvalue weighted by molar-refractivity contribution is 6.06. The van der Waals surface area contributed by atoms with Gasteiger partial charge in [-0.2, -0.15) is 0 Å². The number of carbonyl (C=O) groups excluding carboxylic acids is 2. The van der Waals surface area contributed by atoms with Crippen LogP contribution < -0.4 is 4.90 Å². The van der Waals surface area contributed by atoms with Crippen molar-refractivity contribution in [1.82, 2.24) is 4.90 Å². The number of likely N-dealkylation sites (tertiary alicyclic amines) is 1. The van der Waals surface area contributed by atoms with Crippen molar-refractivity contribution >= 4 is 17.5 Å². The zero-order chi connectivity index (χ0) is 17.6. The summed E-state index contributed by atoms with van der Waals surface area (Å²) in [4.78, 5) is 28.8. The molecule has 0 radical (unpaired) electrons. The first-order valence-electron chi connectivity index (χ1n) is 8.89. The summed E-state index contributed by atoms with van der Waals surface area (Å²) in [6, 6.07) is 16.5. The van der Waals surface area contributed by atoms with Crippen molar-refractivity contribution in [3.63, 3.8) is 0 Å². The van der Waals surface area contributed by atoms with Crippen molar-refractivity contribution in [2.75, 3.05) is 25.0 Å². The Labute approximate surface area is 149 Å². The second kappa shape index (κ2) is 7.97. The number of rotatable bonds is 3. The van der Waals surface area contributed by atoms with E-state index in [-0.39, 0.29) is 11.8 Å². The number of para-hydroxylation sites is 1. The quantitative estimate of drug-likeness (QED) is 0.850. The summed E-state index contributed by atoms with van der Waals surface area (Å²) < 4.78 is 0. The van der Waals surface area contributed by atoms with Crippen LogP contribution >= 0.6 is 0 Å². The van der Waals surface area contributed by atoms with Crippen molar-refractivity contribution in [3.8, 4) is 0 Å². The van der Waals surface area contributed by atoms with Gasteiger partial charge in [-0.1, -0.05) is 31.0 Å². The van der Waals surface area contributed by atoms with Gasteiger partial charge in [0, 0.05) is 37.0 Å². The molecule has 2 aromatic carbocycles. The highest BCUT2D eigenvalue weighted by Crippen LogP contribution is 2.17. The van der Waals surface area contributed by atoms with Crippen LogP contribution in [0.4, 0.5) is 5.69 Å². The third-order valence-electron chi connectivity index (χ3n) is 4.72. The molecule has 0 unspecified atom stereocenters. The predicted octanol–water partition coefficient (Wildman–Crippen LogP) is 3.98. The topological polar surface area (TPSA) is 40.6 Å². The van der Waals surface area contributed by atoms with E-state index in [2.05, 4.69) is 0 Å². The van der Waals surface area contributed by atoms with E-state index in [1.807, 2.05) is 35.2 Å². The van der Waals surface area contributed by atoms with Crippen LogP contribution in [0.25, 0.3) is 0 Å². The lowest BCUT2D eigenvalue weighted by Gasteiger charge is -2.21. The van der Waals surface area contributed by atoms with E-state index in [0.717, 1.165) is 31.6 Å². The molecule has 2 amide bonds. The molecule has 4 nitrogen and oxygen atoms in total. The highest BCUT2D eigenvalue weighted by atomic mass is 16.2. The Kier molecular flexibility index (Phi) is 5.49. The number of amides is 2. The Morgan fingerprint density at radius 1 is 0.800 bits per heavy atom. The molecule has 1 aliphatic heterocycles. The van der Waals surface area contributed by atoms with E-state index < -0.39 is 0 Å². The van der Waals surface area contributed by atoms with Gasteiger partial charge in [0.15, 0.2) is 0 Å². The molecule has 3 rings (SSSR count).